The molecular weight excluding hydrogens is 186 g/mol. The molecule has 0 fully saturated rings. The lowest BCUT2D eigenvalue weighted by Gasteiger charge is -1.98. The minimum atomic E-state index is 0.00417. The summed E-state index contributed by atoms with van der Waals surface area (Å²) in [4.78, 5) is 5.92. The molecule has 0 unspecified atom stereocenters. The highest BCUT2D eigenvalue weighted by molar-refractivity contribution is 7.19. The molecule has 13 heavy (non-hydrogen) atoms. The van der Waals surface area contributed by atoms with Crippen LogP contribution in [-0.2, 0) is 6.61 Å². The molecule has 2 aromatic heterocycles. The maximum atomic E-state index is 9.05. The molecule has 0 aliphatic rings. The monoisotopic (exact) mass is 195 g/mol. The smallest absolute Gasteiger partial charge is 0.144 e. The number of hydrogen-bond acceptors (Lipinski definition) is 4. The van der Waals surface area contributed by atoms with Crippen LogP contribution in [0.3, 0.4) is 0 Å². The van der Waals surface area contributed by atoms with Crippen molar-refractivity contribution < 1.29 is 9.84 Å². The van der Waals surface area contributed by atoms with E-state index in [0.717, 1.165) is 20.8 Å². The van der Waals surface area contributed by atoms with Crippen LogP contribution in [0.5, 0.6) is 5.75 Å². The Labute approximate surface area is 79.6 Å². The number of thiophene rings is 1. The van der Waals surface area contributed by atoms with Gasteiger partial charge in [0.1, 0.15) is 10.6 Å². The molecule has 0 aromatic carbocycles. The highest BCUT2D eigenvalue weighted by Crippen LogP contribution is 2.35. The van der Waals surface area contributed by atoms with Gasteiger partial charge in [-0.3, -0.25) is 0 Å². The molecule has 68 valence electrons. The van der Waals surface area contributed by atoms with Gasteiger partial charge in [-0.15, -0.1) is 11.3 Å². The first-order valence-electron chi connectivity index (χ1n) is 3.88. The summed E-state index contributed by atoms with van der Waals surface area (Å²) in [5.74, 6) is 0.746. The molecular formula is C9H9NO2S. The number of methoxy groups -OCH3 is 1. The van der Waals surface area contributed by atoms with Gasteiger partial charge in [-0.2, -0.15) is 0 Å². The summed E-state index contributed by atoms with van der Waals surface area (Å²) in [6.07, 6.45) is 1.74. The van der Waals surface area contributed by atoms with Crippen molar-refractivity contribution >= 4 is 21.6 Å². The summed E-state index contributed by atoms with van der Waals surface area (Å²) in [5, 5.41) is 10.0. The van der Waals surface area contributed by atoms with Crippen LogP contribution in [0, 0.1) is 0 Å². The summed E-state index contributed by atoms with van der Waals surface area (Å²) >= 11 is 1.46. The zero-order valence-corrected chi connectivity index (χ0v) is 7.97. The Morgan fingerprint density at radius 1 is 1.62 bits per heavy atom. The second kappa shape index (κ2) is 3.32. The minimum absolute atomic E-state index is 0.00417. The fourth-order valence-electron chi connectivity index (χ4n) is 1.29. The first-order valence-corrected chi connectivity index (χ1v) is 4.69. The Bertz CT molecular complexity index is 424. The van der Waals surface area contributed by atoms with Crippen LogP contribution in [0.1, 0.15) is 4.88 Å². The van der Waals surface area contributed by atoms with Crippen molar-refractivity contribution in [1.82, 2.24) is 4.98 Å². The summed E-state index contributed by atoms with van der Waals surface area (Å²) < 4.78 is 5.20. The van der Waals surface area contributed by atoms with Crippen molar-refractivity contribution in [3.8, 4) is 5.75 Å². The Kier molecular flexibility index (Phi) is 2.16. The van der Waals surface area contributed by atoms with Gasteiger partial charge < -0.3 is 9.84 Å². The Hall–Kier alpha value is -1.13. The topological polar surface area (TPSA) is 42.4 Å². The molecule has 0 radical (unpaired) electrons. The third-order valence-corrected chi connectivity index (χ3v) is 2.92. The Morgan fingerprint density at radius 3 is 3.15 bits per heavy atom. The lowest BCUT2D eigenvalue weighted by atomic mass is 10.3. The molecule has 0 saturated heterocycles. The first-order chi connectivity index (χ1) is 6.36. The number of aromatic nitrogens is 1. The van der Waals surface area contributed by atoms with Crippen LogP contribution < -0.4 is 4.74 Å². The minimum Gasteiger partial charge on any atom is -0.495 e. The SMILES string of the molecule is COc1c(CO)sc2ncccc12. The summed E-state index contributed by atoms with van der Waals surface area (Å²) in [5.41, 5.74) is 0. The van der Waals surface area contributed by atoms with Crippen LogP contribution >= 0.6 is 11.3 Å². The predicted octanol–water partition coefficient (Wildman–Crippen LogP) is 1.80. The summed E-state index contributed by atoms with van der Waals surface area (Å²) in [7, 11) is 1.60. The van der Waals surface area contributed by atoms with Gasteiger partial charge in [-0.25, -0.2) is 4.98 Å². The molecule has 0 saturated carbocycles. The highest BCUT2D eigenvalue weighted by atomic mass is 32.1. The molecule has 0 spiro atoms. The van der Waals surface area contributed by atoms with E-state index in [4.69, 9.17) is 9.84 Å². The van der Waals surface area contributed by atoms with Crippen LogP contribution in [0.25, 0.3) is 10.2 Å². The maximum Gasteiger partial charge on any atom is 0.144 e. The van der Waals surface area contributed by atoms with E-state index in [9.17, 15) is 0 Å². The molecule has 2 rings (SSSR count). The lowest BCUT2D eigenvalue weighted by Crippen LogP contribution is -1.85. The molecule has 4 heteroatoms. The van der Waals surface area contributed by atoms with Gasteiger partial charge in [0.2, 0.25) is 0 Å². The van der Waals surface area contributed by atoms with Crippen LogP contribution in [0.4, 0.5) is 0 Å². The predicted molar refractivity (Wildman–Crippen MR) is 52.1 cm³/mol. The van der Waals surface area contributed by atoms with Crippen molar-refractivity contribution in [2.75, 3.05) is 7.11 Å². The Morgan fingerprint density at radius 2 is 2.46 bits per heavy atom. The first kappa shape index (κ1) is 8.47. The van der Waals surface area contributed by atoms with Crippen LogP contribution in [0.2, 0.25) is 0 Å². The quantitative estimate of drug-likeness (QED) is 0.794. The van der Waals surface area contributed by atoms with Gasteiger partial charge >= 0.3 is 0 Å². The number of ether oxygens (including phenoxy) is 1. The third-order valence-electron chi connectivity index (χ3n) is 1.84. The van der Waals surface area contributed by atoms with Crippen molar-refractivity contribution in [3.05, 3.63) is 23.2 Å². The van der Waals surface area contributed by atoms with Crippen molar-refractivity contribution in [3.63, 3.8) is 0 Å². The van der Waals surface area contributed by atoms with Gasteiger partial charge in [-0.05, 0) is 12.1 Å². The molecule has 2 aromatic rings. The molecule has 0 bridgehead atoms. The van der Waals surface area contributed by atoms with E-state index in [1.54, 1.807) is 13.3 Å². The average molecular weight is 195 g/mol. The number of aliphatic hydroxyl groups excluding tert-OH is 1. The molecule has 0 atom stereocenters. The number of nitrogens with zero attached hydrogens (tertiary/aromatic N) is 1. The van der Waals surface area contributed by atoms with Gasteiger partial charge in [0, 0.05) is 6.20 Å². The Balaban J connectivity index is 2.73. The van der Waals surface area contributed by atoms with Gasteiger partial charge in [0.05, 0.1) is 24.0 Å². The number of rotatable bonds is 2. The van der Waals surface area contributed by atoms with E-state index < -0.39 is 0 Å². The van der Waals surface area contributed by atoms with E-state index in [2.05, 4.69) is 4.98 Å². The second-order valence-electron chi connectivity index (χ2n) is 2.57. The van der Waals surface area contributed by atoms with E-state index in [-0.39, 0.29) is 6.61 Å². The van der Waals surface area contributed by atoms with Gasteiger partial charge in [-0.1, -0.05) is 0 Å². The van der Waals surface area contributed by atoms with Crippen LogP contribution in [-0.4, -0.2) is 17.2 Å². The number of pyridine rings is 1. The maximum absolute atomic E-state index is 9.05. The molecule has 0 amide bonds. The second-order valence-corrected chi connectivity index (χ2v) is 3.66. The van der Waals surface area contributed by atoms with E-state index >= 15 is 0 Å². The molecule has 0 aliphatic carbocycles. The third kappa shape index (κ3) is 1.28. The standard InChI is InChI=1S/C9H9NO2S/c1-12-8-6-3-2-4-10-9(6)13-7(8)5-11/h2-4,11H,5H2,1H3. The van der Waals surface area contributed by atoms with Gasteiger partial charge in [0.15, 0.2) is 0 Å². The molecule has 0 aliphatic heterocycles. The fraction of sp³-hybridized carbons (Fsp3) is 0.222. The highest BCUT2D eigenvalue weighted by Gasteiger charge is 2.11. The molecule has 3 nitrogen and oxygen atoms in total. The van der Waals surface area contributed by atoms with E-state index in [0.29, 0.717) is 0 Å². The van der Waals surface area contributed by atoms with E-state index in [1.165, 1.54) is 11.3 Å². The lowest BCUT2D eigenvalue weighted by molar-refractivity contribution is 0.278. The summed E-state index contributed by atoms with van der Waals surface area (Å²) in [6, 6.07) is 3.80. The van der Waals surface area contributed by atoms with Crippen molar-refractivity contribution in [1.29, 1.82) is 0 Å². The van der Waals surface area contributed by atoms with Crippen molar-refractivity contribution in [2.45, 2.75) is 6.61 Å². The normalized spacial score (nSPS) is 10.6. The average Bonchev–Trinajstić information content (AvgIpc) is 2.55. The zero-order valence-electron chi connectivity index (χ0n) is 7.15. The summed E-state index contributed by atoms with van der Waals surface area (Å²) in [6.45, 7) is 0.00417. The zero-order chi connectivity index (χ0) is 9.26. The largest absolute Gasteiger partial charge is 0.495 e. The number of fused-ring (bicyclic) bond motifs is 1. The fourth-order valence-corrected chi connectivity index (χ4v) is 2.25. The number of hydrogen-bond donors (Lipinski definition) is 1. The van der Waals surface area contributed by atoms with Crippen LogP contribution in [0.15, 0.2) is 18.3 Å². The van der Waals surface area contributed by atoms with Crippen molar-refractivity contribution in [2.24, 2.45) is 0 Å². The van der Waals surface area contributed by atoms with E-state index in [1.807, 2.05) is 12.1 Å². The molecule has 1 N–H and O–H groups in total. The molecule has 2 heterocycles. The number of aliphatic hydroxyl groups is 1. The van der Waals surface area contributed by atoms with Gasteiger partial charge in [0.25, 0.3) is 0 Å².